The second-order valence-electron chi connectivity index (χ2n) is 25.4. The number of halogens is 3. The van der Waals surface area contributed by atoms with Gasteiger partial charge in [0.1, 0.15) is 41.8 Å². The normalized spacial score (nSPS) is 28.0. The molecule has 0 aromatic carbocycles. The van der Waals surface area contributed by atoms with Gasteiger partial charge in [-0.1, -0.05) is 78.1 Å². The van der Waals surface area contributed by atoms with Crippen molar-refractivity contribution in [2.24, 2.45) is 17.8 Å². The highest BCUT2D eigenvalue weighted by atomic mass is 19.4. The lowest BCUT2D eigenvalue weighted by atomic mass is 9.81. The number of nitrogens with one attached hydrogen (secondary N) is 3. The minimum absolute atomic E-state index is 0.0448. The molecule has 6 unspecified atom stereocenters. The van der Waals surface area contributed by atoms with Crippen LogP contribution in [0.5, 0.6) is 0 Å². The van der Waals surface area contributed by atoms with Gasteiger partial charge in [0, 0.05) is 69.0 Å². The summed E-state index contributed by atoms with van der Waals surface area (Å²) in [6.45, 7) is 1.44. The molecule has 12 amide bonds. The molecule has 3 heterocycles. The zero-order chi connectivity index (χ0) is 64.9. The third kappa shape index (κ3) is 17.6. The molecule has 25 nitrogen and oxygen atoms in total. The molecule has 3 saturated carbocycles. The Morgan fingerprint density at radius 2 is 1.22 bits per heavy atom. The van der Waals surface area contributed by atoms with Crippen molar-refractivity contribution in [2.45, 2.75) is 184 Å². The first-order chi connectivity index (χ1) is 41.5. The molecular formula is C60H95F3N12O13. The quantitative estimate of drug-likeness (QED) is 0.323. The van der Waals surface area contributed by atoms with Gasteiger partial charge in [-0.05, 0) is 62.7 Å². The van der Waals surface area contributed by atoms with E-state index >= 15 is 9.59 Å². The number of fused-ring (bicyclic) bond motifs is 1. The number of carbonyl (C=O) groups is 12. The fraction of sp³-hybridized carbons (Fsp3) is 0.800. The van der Waals surface area contributed by atoms with Crippen LogP contribution in [0.4, 0.5) is 13.2 Å². The van der Waals surface area contributed by atoms with Gasteiger partial charge in [-0.15, -0.1) is 0 Å². The molecule has 6 aliphatic rings. The molecule has 6 fully saturated rings. The number of amides is 12. The van der Waals surface area contributed by atoms with E-state index in [1.807, 2.05) is 0 Å². The molecule has 494 valence electrons. The number of rotatable bonds is 7. The predicted octanol–water partition coefficient (Wildman–Crippen LogP) is 1.11. The Labute approximate surface area is 514 Å². The van der Waals surface area contributed by atoms with Crippen molar-refractivity contribution in [3.63, 3.8) is 0 Å². The summed E-state index contributed by atoms with van der Waals surface area (Å²) < 4.78 is 49.5. The Hall–Kier alpha value is -6.61. The predicted molar refractivity (Wildman–Crippen MR) is 313 cm³/mol. The van der Waals surface area contributed by atoms with Crippen LogP contribution in [0.2, 0.25) is 0 Å². The SMILES string of the molecule is CC[C@H](C)C1NC(=O)C(CC(F)(F)F)N(C)C(=O)CC(C(=O)N2CCOCC2)N(C)C(=O)C(C2CCCCC2)N(C)C(=O)C2(CCCC2)NC(=O)C2CCCN2C(=O)CNC(=O)CN(C)C(=O)C(CC2CCCC2)N(C)C(=O)CN(C)C(=O)CN(C)C1=O. The number of hydrogen-bond donors (Lipinski definition) is 3. The summed E-state index contributed by atoms with van der Waals surface area (Å²) in [5.41, 5.74) is -1.54. The highest BCUT2D eigenvalue weighted by Gasteiger charge is 2.51. The van der Waals surface area contributed by atoms with E-state index in [-0.39, 0.29) is 70.9 Å². The third-order valence-electron chi connectivity index (χ3n) is 19.3. The van der Waals surface area contributed by atoms with Crippen molar-refractivity contribution in [3.05, 3.63) is 0 Å². The lowest BCUT2D eigenvalue weighted by Crippen LogP contribution is -2.65. The highest BCUT2D eigenvalue weighted by molar-refractivity contribution is 6.00. The van der Waals surface area contributed by atoms with Gasteiger partial charge in [0.25, 0.3) is 0 Å². The number of carbonyl (C=O) groups excluding carboxylic acids is 12. The summed E-state index contributed by atoms with van der Waals surface area (Å²) in [6.07, 6.45) is 1.32. The minimum Gasteiger partial charge on any atom is -0.378 e. The lowest BCUT2D eigenvalue weighted by molar-refractivity contribution is -0.164. The first-order valence-corrected chi connectivity index (χ1v) is 31.4. The molecule has 3 aliphatic heterocycles. The second kappa shape index (κ2) is 31.2. The van der Waals surface area contributed by atoms with Crippen LogP contribution in [0.15, 0.2) is 0 Å². The fourth-order valence-electron chi connectivity index (χ4n) is 13.5. The number of likely N-dealkylation sites (N-methyl/N-ethyl adjacent to an activating group) is 7. The van der Waals surface area contributed by atoms with Crippen LogP contribution in [0, 0.1) is 17.8 Å². The molecule has 7 atom stereocenters. The number of morpholine rings is 1. The lowest BCUT2D eigenvalue weighted by Gasteiger charge is -2.43. The summed E-state index contributed by atoms with van der Waals surface area (Å²) in [5, 5.41) is 8.01. The Balaban J connectivity index is 1.38. The van der Waals surface area contributed by atoms with Crippen molar-refractivity contribution in [2.75, 3.05) is 108 Å². The van der Waals surface area contributed by atoms with Gasteiger partial charge in [0.05, 0.1) is 52.2 Å². The molecule has 3 aliphatic carbocycles. The van der Waals surface area contributed by atoms with Gasteiger partial charge in [0.2, 0.25) is 70.9 Å². The zero-order valence-electron chi connectivity index (χ0n) is 53.0. The maximum atomic E-state index is 15.5. The minimum atomic E-state index is -5.07. The second-order valence-corrected chi connectivity index (χ2v) is 25.4. The Kier molecular flexibility index (Phi) is 25.0. The van der Waals surface area contributed by atoms with Crippen LogP contribution >= 0.6 is 0 Å². The van der Waals surface area contributed by atoms with E-state index in [0.29, 0.717) is 49.8 Å². The molecule has 0 aromatic rings. The topological polar surface area (TPSA) is 279 Å². The standard InChI is InChI=1S/C60H95F3N12O13/c1-10-38(2)50-56(85)69(5)36-48(79)67(3)37-49(80)70(6)42(31-39-19-14-15-20-39)54(83)68(4)35-45(76)64-34-47(78)75-26-18-23-41(75)53(82)66-59(24-16-17-25-59)58(87)73(9)51(40-21-12-11-13-22-40)57(86)72(8)43(55(84)74-27-29-88-30-28-74)32-46(77)71(7)44(52(81)65-50)33-60(61,62)63/h38-44,50-51H,10-37H2,1-9H3,(H,64,76)(H,65,81)(H,66,82)/t38-,41?,42?,43?,44?,50?,51?/m0/s1. The van der Waals surface area contributed by atoms with E-state index < -0.39 is 170 Å². The first kappa shape index (κ1) is 70.5. The summed E-state index contributed by atoms with van der Waals surface area (Å²) >= 11 is 0. The van der Waals surface area contributed by atoms with Gasteiger partial charge < -0.3 is 64.8 Å². The molecule has 3 N–H and O–H groups in total. The van der Waals surface area contributed by atoms with Crippen LogP contribution in [0.3, 0.4) is 0 Å². The summed E-state index contributed by atoms with van der Waals surface area (Å²) in [4.78, 5) is 183. The van der Waals surface area contributed by atoms with Crippen LogP contribution in [-0.4, -0.2) is 271 Å². The number of nitrogens with zero attached hydrogens (tertiary/aromatic N) is 9. The number of hydrogen-bond acceptors (Lipinski definition) is 13. The van der Waals surface area contributed by atoms with E-state index in [1.165, 1.54) is 61.9 Å². The van der Waals surface area contributed by atoms with Crippen molar-refractivity contribution < 1.29 is 75.4 Å². The van der Waals surface area contributed by atoms with Gasteiger partial charge in [-0.3, -0.25) is 57.5 Å². The largest absolute Gasteiger partial charge is 0.391 e. The molecule has 6 rings (SSSR count). The molecule has 28 heteroatoms. The zero-order valence-corrected chi connectivity index (χ0v) is 53.0. The summed E-state index contributed by atoms with van der Waals surface area (Å²) in [6, 6.07) is -8.91. The average Bonchev–Trinajstić information content (AvgIpc) is 2.01. The van der Waals surface area contributed by atoms with Gasteiger partial charge in [0.15, 0.2) is 0 Å². The molecule has 0 aromatic heterocycles. The molecule has 1 spiro atoms. The molecule has 88 heavy (non-hydrogen) atoms. The maximum absolute atomic E-state index is 15.5. The monoisotopic (exact) mass is 1250 g/mol. The summed E-state index contributed by atoms with van der Waals surface area (Å²) in [5.74, 6) is -10.5. The van der Waals surface area contributed by atoms with Crippen molar-refractivity contribution in [1.29, 1.82) is 0 Å². The summed E-state index contributed by atoms with van der Waals surface area (Å²) in [7, 11) is 9.03. The van der Waals surface area contributed by atoms with Crippen LogP contribution in [-0.2, 0) is 62.3 Å². The van der Waals surface area contributed by atoms with E-state index in [4.69, 9.17) is 4.74 Å². The Bertz CT molecular complexity index is 2550. The van der Waals surface area contributed by atoms with Crippen LogP contribution in [0.25, 0.3) is 0 Å². The van der Waals surface area contributed by atoms with Crippen molar-refractivity contribution >= 4 is 70.9 Å². The van der Waals surface area contributed by atoms with Crippen molar-refractivity contribution in [3.8, 4) is 0 Å². The van der Waals surface area contributed by atoms with Gasteiger partial charge in [-0.2, -0.15) is 13.2 Å². The Morgan fingerprint density at radius 1 is 0.625 bits per heavy atom. The third-order valence-corrected chi connectivity index (χ3v) is 19.3. The van der Waals surface area contributed by atoms with E-state index in [0.717, 1.165) is 58.8 Å². The van der Waals surface area contributed by atoms with E-state index in [9.17, 15) is 61.1 Å². The molecule has 0 bridgehead atoms. The van der Waals surface area contributed by atoms with Crippen LogP contribution in [0.1, 0.15) is 136 Å². The van der Waals surface area contributed by atoms with E-state index in [1.54, 1.807) is 13.8 Å². The van der Waals surface area contributed by atoms with Gasteiger partial charge >= 0.3 is 6.18 Å². The molecular weight excluding hydrogens is 1150 g/mol. The molecule has 0 radical (unpaired) electrons. The fourth-order valence-corrected chi connectivity index (χ4v) is 13.5. The number of alkyl halides is 3. The van der Waals surface area contributed by atoms with Crippen molar-refractivity contribution in [1.82, 2.24) is 60.0 Å². The first-order valence-electron chi connectivity index (χ1n) is 31.4. The Morgan fingerprint density at radius 3 is 1.83 bits per heavy atom. The van der Waals surface area contributed by atoms with E-state index in [2.05, 4.69) is 16.0 Å². The van der Waals surface area contributed by atoms with Crippen LogP contribution < -0.4 is 16.0 Å². The average molecular weight is 1250 g/mol. The van der Waals surface area contributed by atoms with Gasteiger partial charge in [-0.25, -0.2) is 0 Å². The smallest absolute Gasteiger partial charge is 0.378 e. The molecule has 3 saturated heterocycles. The maximum Gasteiger partial charge on any atom is 0.391 e. The highest BCUT2D eigenvalue weighted by Crippen LogP contribution is 2.37. The number of ether oxygens (including phenoxy) is 1.